The smallest absolute Gasteiger partial charge is 0.320 e. The van der Waals surface area contributed by atoms with E-state index in [4.69, 9.17) is 10.5 Å². The van der Waals surface area contributed by atoms with E-state index >= 15 is 0 Å². The van der Waals surface area contributed by atoms with Crippen molar-refractivity contribution in [3.63, 3.8) is 0 Å². The predicted molar refractivity (Wildman–Crippen MR) is 76.8 cm³/mol. The molecule has 2 rings (SSSR count). The number of nitro benzene ring substituents is 1. The Balaban J connectivity index is 2.43. The fourth-order valence-corrected chi connectivity index (χ4v) is 1.77. The van der Waals surface area contributed by atoms with Crippen LogP contribution in [0.1, 0.15) is 20.3 Å². The molecule has 6 heteroatoms. The number of benzene rings is 1. The summed E-state index contributed by atoms with van der Waals surface area (Å²) in [5.74, 6) is 0.223. The minimum Gasteiger partial charge on any atom is -0.485 e. The van der Waals surface area contributed by atoms with Gasteiger partial charge in [-0.15, -0.1) is 0 Å². The highest BCUT2D eigenvalue weighted by atomic mass is 16.6. The van der Waals surface area contributed by atoms with Crippen molar-refractivity contribution in [1.82, 2.24) is 4.98 Å². The van der Waals surface area contributed by atoms with Gasteiger partial charge in [0, 0.05) is 11.7 Å². The Hall–Kier alpha value is -2.21. The zero-order valence-electron chi connectivity index (χ0n) is 11.5. The van der Waals surface area contributed by atoms with Crippen molar-refractivity contribution in [1.29, 1.82) is 0 Å². The van der Waals surface area contributed by atoms with E-state index in [9.17, 15) is 10.1 Å². The summed E-state index contributed by atoms with van der Waals surface area (Å²) in [4.78, 5) is 15.0. The van der Waals surface area contributed by atoms with Gasteiger partial charge in [0.1, 0.15) is 6.61 Å². The van der Waals surface area contributed by atoms with E-state index in [0.29, 0.717) is 10.9 Å². The van der Waals surface area contributed by atoms with Crippen LogP contribution < -0.4 is 10.5 Å². The molecule has 2 N–H and O–H groups in total. The Bertz CT molecular complexity index is 641. The average molecular weight is 275 g/mol. The van der Waals surface area contributed by atoms with Crippen molar-refractivity contribution in [2.45, 2.75) is 25.8 Å². The maximum Gasteiger partial charge on any atom is 0.320 e. The molecule has 0 saturated heterocycles. The van der Waals surface area contributed by atoms with Gasteiger partial charge in [-0.1, -0.05) is 6.92 Å². The number of hydrogen-bond donors (Lipinski definition) is 1. The number of hydrogen-bond acceptors (Lipinski definition) is 5. The number of nitrogens with two attached hydrogens (primary N) is 1. The van der Waals surface area contributed by atoms with Crippen LogP contribution in [-0.4, -0.2) is 22.1 Å². The minimum atomic E-state index is -0.516. The molecule has 0 spiro atoms. The first-order valence-electron chi connectivity index (χ1n) is 6.38. The Kier molecular flexibility index (Phi) is 3.85. The molecule has 106 valence electrons. The normalized spacial score (nSPS) is 13.9. The minimum absolute atomic E-state index is 0.0671. The lowest BCUT2D eigenvalue weighted by Crippen LogP contribution is -2.41. The maximum absolute atomic E-state index is 11.3. The third kappa shape index (κ3) is 2.85. The van der Waals surface area contributed by atoms with Crippen LogP contribution in [0.5, 0.6) is 5.75 Å². The highest BCUT2D eigenvalue weighted by Crippen LogP contribution is 2.34. The largest absolute Gasteiger partial charge is 0.485 e. The van der Waals surface area contributed by atoms with Crippen molar-refractivity contribution in [3.05, 3.63) is 40.6 Å². The highest BCUT2D eigenvalue weighted by Gasteiger charge is 2.23. The van der Waals surface area contributed by atoms with Crippen LogP contribution in [0, 0.1) is 10.1 Å². The second-order valence-corrected chi connectivity index (χ2v) is 5.04. The molecule has 0 aliphatic heterocycles. The number of ether oxygens (including phenoxy) is 1. The fraction of sp³-hybridized carbons (Fsp3) is 0.357. The molecule has 0 saturated carbocycles. The lowest BCUT2D eigenvalue weighted by Gasteiger charge is -2.22. The highest BCUT2D eigenvalue weighted by molar-refractivity contribution is 5.90. The number of aromatic nitrogens is 1. The second kappa shape index (κ2) is 5.42. The zero-order valence-corrected chi connectivity index (χ0v) is 11.5. The van der Waals surface area contributed by atoms with Crippen molar-refractivity contribution in [3.8, 4) is 5.75 Å². The molecule has 0 fully saturated rings. The van der Waals surface area contributed by atoms with Gasteiger partial charge in [0.15, 0.2) is 5.75 Å². The summed E-state index contributed by atoms with van der Waals surface area (Å²) < 4.78 is 5.57. The first-order valence-corrected chi connectivity index (χ1v) is 6.38. The third-order valence-electron chi connectivity index (χ3n) is 3.27. The van der Waals surface area contributed by atoms with Crippen molar-refractivity contribution in [2.75, 3.05) is 6.61 Å². The first-order chi connectivity index (χ1) is 9.44. The van der Waals surface area contributed by atoms with E-state index in [1.54, 1.807) is 30.5 Å². The van der Waals surface area contributed by atoms with Crippen molar-refractivity contribution < 1.29 is 9.66 Å². The molecule has 1 aromatic heterocycles. The van der Waals surface area contributed by atoms with Crippen LogP contribution >= 0.6 is 0 Å². The summed E-state index contributed by atoms with van der Waals surface area (Å²) in [5, 5.41) is 11.8. The summed E-state index contributed by atoms with van der Waals surface area (Å²) in [5.41, 5.74) is 5.98. The van der Waals surface area contributed by atoms with Gasteiger partial charge in [0.05, 0.1) is 15.8 Å². The molecule has 0 bridgehead atoms. The van der Waals surface area contributed by atoms with Crippen LogP contribution in [0.25, 0.3) is 10.9 Å². The van der Waals surface area contributed by atoms with Gasteiger partial charge < -0.3 is 10.5 Å². The molecule has 1 heterocycles. The van der Waals surface area contributed by atoms with Gasteiger partial charge in [-0.05, 0) is 37.6 Å². The van der Waals surface area contributed by atoms with Crippen molar-refractivity contribution >= 4 is 16.6 Å². The molecular formula is C14H17N3O3. The number of nitro groups is 1. The lowest BCUT2D eigenvalue weighted by atomic mass is 10.0. The first kappa shape index (κ1) is 14.2. The van der Waals surface area contributed by atoms with E-state index < -0.39 is 10.5 Å². The molecule has 1 aromatic carbocycles. The summed E-state index contributed by atoms with van der Waals surface area (Å²) in [6, 6.07) is 6.60. The zero-order chi connectivity index (χ0) is 14.8. The molecule has 0 amide bonds. The van der Waals surface area contributed by atoms with Crippen LogP contribution in [0.4, 0.5) is 5.69 Å². The summed E-state index contributed by atoms with van der Waals surface area (Å²) in [6.07, 6.45) is 2.32. The predicted octanol–water partition coefficient (Wildman–Crippen LogP) is 2.65. The monoisotopic (exact) mass is 275 g/mol. The quantitative estimate of drug-likeness (QED) is 0.669. The van der Waals surface area contributed by atoms with Gasteiger partial charge in [0.25, 0.3) is 0 Å². The lowest BCUT2D eigenvalue weighted by molar-refractivity contribution is -0.384. The van der Waals surface area contributed by atoms with Crippen LogP contribution in [-0.2, 0) is 0 Å². The number of rotatable bonds is 5. The molecule has 6 nitrogen and oxygen atoms in total. The Morgan fingerprint density at radius 3 is 2.85 bits per heavy atom. The maximum atomic E-state index is 11.3. The third-order valence-corrected chi connectivity index (χ3v) is 3.27. The number of pyridine rings is 1. The Labute approximate surface area is 116 Å². The topological polar surface area (TPSA) is 91.3 Å². The van der Waals surface area contributed by atoms with E-state index in [1.165, 1.54) is 0 Å². The Morgan fingerprint density at radius 1 is 1.45 bits per heavy atom. The van der Waals surface area contributed by atoms with E-state index in [1.807, 2.05) is 13.8 Å². The van der Waals surface area contributed by atoms with E-state index in [2.05, 4.69) is 4.98 Å². The molecule has 20 heavy (non-hydrogen) atoms. The second-order valence-electron chi connectivity index (χ2n) is 5.04. The van der Waals surface area contributed by atoms with Crippen molar-refractivity contribution in [2.24, 2.45) is 5.73 Å². The molecule has 1 unspecified atom stereocenters. The van der Waals surface area contributed by atoms with Gasteiger partial charge in [0.2, 0.25) is 0 Å². The summed E-state index contributed by atoms with van der Waals surface area (Å²) >= 11 is 0. The summed E-state index contributed by atoms with van der Waals surface area (Å²) in [7, 11) is 0. The molecule has 0 aliphatic carbocycles. The van der Waals surface area contributed by atoms with Gasteiger partial charge in [-0.3, -0.25) is 15.1 Å². The van der Waals surface area contributed by atoms with Gasteiger partial charge in [-0.25, -0.2) is 0 Å². The Morgan fingerprint density at radius 2 is 2.20 bits per heavy atom. The van der Waals surface area contributed by atoms with E-state index in [0.717, 1.165) is 6.42 Å². The molecular weight excluding hydrogens is 258 g/mol. The molecule has 2 aromatic rings. The molecule has 0 aliphatic rings. The SMILES string of the molecule is CCC(C)(N)COc1ccc2ncccc2c1[N+](=O)[O-]. The van der Waals surface area contributed by atoms with Crippen LogP contribution in [0.3, 0.4) is 0 Å². The standard InChI is InChI=1S/C14H17N3O3/c1-3-14(2,15)9-20-12-7-6-11-10(5-4-8-16-11)13(12)17(18)19/h4-8H,3,9,15H2,1-2H3. The average Bonchev–Trinajstić information content (AvgIpc) is 2.44. The molecule has 1 atom stereocenters. The van der Waals surface area contributed by atoms with Crippen LogP contribution in [0.2, 0.25) is 0 Å². The molecule has 0 radical (unpaired) electrons. The van der Waals surface area contributed by atoms with Gasteiger partial charge in [-0.2, -0.15) is 0 Å². The number of fused-ring (bicyclic) bond motifs is 1. The van der Waals surface area contributed by atoms with E-state index in [-0.39, 0.29) is 18.0 Å². The van der Waals surface area contributed by atoms with Gasteiger partial charge >= 0.3 is 5.69 Å². The fourth-order valence-electron chi connectivity index (χ4n) is 1.77. The summed E-state index contributed by atoms with van der Waals surface area (Å²) in [6.45, 7) is 4.01. The number of nitrogens with zero attached hydrogens (tertiary/aromatic N) is 2. The van der Waals surface area contributed by atoms with Crippen LogP contribution in [0.15, 0.2) is 30.5 Å².